The molecule has 5 nitrogen and oxygen atoms in total. The zero-order chi connectivity index (χ0) is 14.3. The molecular weight excluding hydrogens is 246 g/mol. The van der Waals surface area contributed by atoms with E-state index in [0.717, 1.165) is 25.9 Å². The molecule has 1 fully saturated rings. The van der Waals surface area contributed by atoms with Crippen LogP contribution in [-0.4, -0.2) is 49.1 Å². The number of hydrogen-bond donors (Lipinski definition) is 2. The molecule has 0 saturated heterocycles. The molecular formula is C14H27NO4. The summed E-state index contributed by atoms with van der Waals surface area (Å²) >= 11 is 0. The van der Waals surface area contributed by atoms with Crippen LogP contribution in [0.5, 0.6) is 0 Å². The van der Waals surface area contributed by atoms with Crippen LogP contribution in [0, 0.1) is 5.92 Å². The first-order chi connectivity index (χ1) is 9.03. The molecule has 0 amide bonds. The van der Waals surface area contributed by atoms with Gasteiger partial charge in [-0.2, -0.15) is 0 Å². The highest BCUT2D eigenvalue weighted by Gasteiger charge is 2.51. The summed E-state index contributed by atoms with van der Waals surface area (Å²) in [5.74, 6) is -0.623. The number of rotatable bonds is 11. The van der Waals surface area contributed by atoms with Gasteiger partial charge in [-0.15, -0.1) is 0 Å². The standard InChI is InChI=1S/C14H27NO4/c1-4-7-18-8-9-19-10-14(13(16)17,12-5-6-12)15-11(2)3/h11-12,15H,4-10H2,1-3H3,(H,16,17). The topological polar surface area (TPSA) is 67.8 Å². The predicted octanol–water partition coefficient (Wildman–Crippen LogP) is 1.66. The van der Waals surface area contributed by atoms with Crippen molar-refractivity contribution in [2.75, 3.05) is 26.4 Å². The highest BCUT2D eigenvalue weighted by atomic mass is 16.5. The second-order valence-electron chi connectivity index (χ2n) is 5.51. The molecule has 0 aliphatic heterocycles. The summed E-state index contributed by atoms with van der Waals surface area (Å²) in [6, 6.07) is 0.122. The monoisotopic (exact) mass is 273 g/mol. The lowest BCUT2D eigenvalue weighted by molar-refractivity contribution is -0.150. The van der Waals surface area contributed by atoms with Gasteiger partial charge in [-0.05, 0) is 39.0 Å². The van der Waals surface area contributed by atoms with Gasteiger partial charge in [0.1, 0.15) is 5.54 Å². The van der Waals surface area contributed by atoms with Gasteiger partial charge in [0.25, 0.3) is 0 Å². The van der Waals surface area contributed by atoms with E-state index < -0.39 is 11.5 Å². The third-order valence-corrected chi connectivity index (χ3v) is 3.25. The van der Waals surface area contributed by atoms with Crippen LogP contribution in [0.25, 0.3) is 0 Å². The highest BCUT2D eigenvalue weighted by Crippen LogP contribution is 2.40. The third kappa shape index (κ3) is 5.09. The molecule has 1 aliphatic rings. The Balaban J connectivity index is 2.43. The van der Waals surface area contributed by atoms with Gasteiger partial charge in [0.2, 0.25) is 0 Å². The van der Waals surface area contributed by atoms with Crippen LogP contribution < -0.4 is 5.32 Å². The first-order valence-electron chi connectivity index (χ1n) is 7.19. The van der Waals surface area contributed by atoms with Gasteiger partial charge in [-0.25, -0.2) is 0 Å². The first-order valence-corrected chi connectivity index (χ1v) is 7.19. The Hall–Kier alpha value is -0.650. The summed E-state index contributed by atoms with van der Waals surface area (Å²) in [5, 5.41) is 12.7. The molecule has 1 aliphatic carbocycles. The Labute approximate surface area is 115 Å². The lowest BCUT2D eigenvalue weighted by atomic mass is 9.93. The Morgan fingerprint density at radius 2 is 1.95 bits per heavy atom. The maximum absolute atomic E-state index is 11.6. The fraction of sp³-hybridized carbons (Fsp3) is 0.929. The summed E-state index contributed by atoms with van der Waals surface area (Å²) in [6.07, 6.45) is 2.90. The Morgan fingerprint density at radius 1 is 1.32 bits per heavy atom. The molecule has 1 rings (SSSR count). The number of carbonyl (C=O) groups is 1. The SMILES string of the molecule is CCCOCCOCC(NC(C)C)(C(=O)O)C1CC1. The quantitative estimate of drug-likeness (QED) is 0.560. The minimum absolute atomic E-state index is 0.122. The summed E-state index contributed by atoms with van der Waals surface area (Å²) in [5.41, 5.74) is -0.932. The molecule has 1 saturated carbocycles. The van der Waals surface area contributed by atoms with Crippen molar-refractivity contribution in [3.63, 3.8) is 0 Å². The average molecular weight is 273 g/mol. The van der Waals surface area contributed by atoms with Crippen LogP contribution >= 0.6 is 0 Å². The van der Waals surface area contributed by atoms with E-state index in [1.165, 1.54) is 0 Å². The van der Waals surface area contributed by atoms with E-state index in [1.807, 2.05) is 13.8 Å². The molecule has 0 spiro atoms. The van der Waals surface area contributed by atoms with Crippen LogP contribution in [0.2, 0.25) is 0 Å². The predicted molar refractivity (Wildman–Crippen MR) is 73.3 cm³/mol. The molecule has 0 aromatic heterocycles. The van der Waals surface area contributed by atoms with Gasteiger partial charge in [-0.1, -0.05) is 6.92 Å². The van der Waals surface area contributed by atoms with Crippen molar-refractivity contribution in [2.45, 2.75) is 51.6 Å². The van der Waals surface area contributed by atoms with E-state index in [0.29, 0.717) is 13.2 Å². The minimum atomic E-state index is -0.932. The smallest absolute Gasteiger partial charge is 0.326 e. The van der Waals surface area contributed by atoms with Crippen molar-refractivity contribution in [2.24, 2.45) is 5.92 Å². The molecule has 0 aromatic carbocycles. The Morgan fingerprint density at radius 3 is 2.42 bits per heavy atom. The van der Waals surface area contributed by atoms with Crippen LogP contribution in [-0.2, 0) is 14.3 Å². The molecule has 19 heavy (non-hydrogen) atoms. The van der Waals surface area contributed by atoms with Gasteiger partial charge in [0.05, 0.1) is 19.8 Å². The lowest BCUT2D eigenvalue weighted by Crippen LogP contribution is -2.59. The Bertz CT molecular complexity index is 279. The molecule has 1 atom stereocenters. The number of nitrogens with one attached hydrogen (secondary N) is 1. The van der Waals surface area contributed by atoms with Crippen molar-refractivity contribution in [3.05, 3.63) is 0 Å². The maximum atomic E-state index is 11.6. The molecule has 112 valence electrons. The summed E-state index contributed by atoms with van der Waals surface area (Å²) < 4.78 is 10.9. The van der Waals surface area contributed by atoms with Gasteiger partial charge < -0.3 is 14.6 Å². The molecule has 2 N–H and O–H groups in total. The van der Waals surface area contributed by atoms with Crippen molar-refractivity contribution in [3.8, 4) is 0 Å². The van der Waals surface area contributed by atoms with Crippen LogP contribution in [0.3, 0.4) is 0 Å². The molecule has 1 unspecified atom stereocenters. The van der Waals surface area contributed by atoms with E-state index in [4.69, 9.17) is 9.47 Å². The fourth-order valence-corrected chi connectivity index (χ4v) is 2.26. The van der Waals surface area contributed by atoms with E-state index in [-0.39, 0.29) is 18.6 Å². The molecule has 0 radical (unpaired) electrons. The number of aliphatic carboxylic acids is 1. The third-order valence-electron chi connectivity index (χ3n) is 3.25. The first kappa shape index (κ1) is 16.4. The molecule has 0 heterocycles. The van der Waals surface area contributed by atoms with Crippen molar-refractivity contribution < 1.29 is 19.4 Å². The summed E-state index contributed by atoms with van der Waals surface area (Å²) in [7, 11) is 0. The molecule has 0 aromatic rings. The summed E-state index contributed by atoms with van der Waals surface area (Å²) in [6.45, 7) is 7.88. The van der Waals surface area contributed by atoms with Crippen LogP contribution in [0.1, 0.15) is 40.0 Å². The van der Waals surface area contributed by atoms with Crippen LogP contribution in [0.15, 0.2) is 0 Å². The van der Waals surface area contributed by atoms with E-state index in [1.54, 1.807) is 0 Å². The number of hydrogen-bond acceptors (Lipinski definition) is 4. The normalized spacial score (nSPS) is 18.5. The van der Waals surface area contributed by atoms with E-state index in [2.05, 4.69) is 12.2 Å². The largest absolute Gasteiger partial charge is 0.480 e. The second-order valence-corrected chi connectivity index (χ2v) is 5.51. The lowest BCUT2D eigenvalue weighted by Gasteiger charge is -2.32. The second kappa shape index (κ2) is 7.82. The highest BCUT2D eigenvalue weighted by molar-refractivity contribution is 5.80. The number of carboxylic acids is 1. The van der Waals surface area contributed by atoms with E-state index in [9.17, 15) is 9.90 Å². The summed E-state index contributed by atoms with van der Waals surface area (Å²) in [4.78, 5) is 11.6. The van der Waals surface area contributed by atoms with Gasteiger partial charge in [-0.3, -0.25) is 10.1 Å². The van der Waals surface area contributed by atoms with Crippen LogP contribution in [0.4, 0.5) is 0 Å². The number of carboxylic acid groups (broad SMARTS) is 1. The minimum Gasteiger partial charge on any atom is -0.480 e. The Kier molecular flexibility index (Phi) is 6.75. The van der Waals surface area contributed by atoms with E-state index >= 15 is 0 Å². The van der Waals surface area contributed by atoms with Gasteiger partial charge in [0.15, 0.2) is 0 Å². The molecule has 0 bridgehead atoms. The zero-order valence-electron chi connectivity index (χ0n) is 12.3. The van der Waals surface area contributed by atoms with Gasteiger partial charge in [0, 0.05) is 12.6 Å². The van der Waals surface area contributed by atoms with Crippen molar-refractivity contribution in [1.82, 2.24) is 5.32 Å². The average Bonchev–Trinajstić information content (AvgIpc) is 3.15. The fourth-order valence-electron chi connectivity index (χ4n) is 2.26. The zero-order valence-corrected chi connectivity index (χ0v) is 12.3. The molecule has 5 heteroatoms. The van der Waals surface area contributed by atoms with Crippen molar-refractivity contribution >= 4 is 5.97 Å². The maximum Gasteiger partial charge on any atom is 0.326 e. The van der Waals surface area contributed by atoms with Gasteiger partial charge >= 0.3 is 5.97 Å². The van der Waals surface area contributed by atoms with Crippen molar-refractivity contribution in [1.29, 1.82) is 0 Å². The number of ether oxygens (including phenoxy) is 2.